The predicted octanol–water partition coefficient (Wildman–Crippen LogP) is 15.0. The molecule has 0 fully saturated rings. The summed E-state index contributed by atoms with van der Waals surface area (Å²) in [6.45, 7) is 4.55. The van der Waals surface area contributed by atoms with Crippen molar-refractivity contribution in [3.8, 4) is 0 Å². The minimum atomic E-state index is -0.884. The van der Waals surface area contributed by atoms with Crippen LogP contribution in [-0.2, 0) is 28.6 Å². The molecular formula is C57H96NO7+. The number of carboxylic acid groups (broad SMARTS) is 1. The molecule has 1 N–H and O–H groups in total. The molecule has 370 valence electrons. The van der Waals surface area contributed by atoms with Crippen LogP contribution in [0.4, 0.5) is 0 Å². The number of esters is 2. The van der Waals surface area contributed by atoms with Gasteiger partial charge < -0.3 is 23.8 Å². The maximum Gasteiger partial charge on any atom is 0.362 e. The van der Waals surface area contributed by atoms with E-state index in [9.17, 15) is 19.5 Å². The first-order valence-corrected chi connectivity index (χ1v) is 25.8. The van der Waals surface area contributed by atoms with Gasteiger partial charge in [-0.15, -0.1) is 0 Å². The van der Waals surface area contributed by atoms with E-state index in [2.05, 4.69) is 111 Å². The largest absolute Gasteiger partial charge is 0.477 e. The number of allylic oxidation sites excluding steroid dienone is 16. The number of unbranched alkanes of at least 4 members (excludes halogenated alkanes) is 16. The van der Waals surface area contributed by atoms with E-state index in [0.717, 1.165) is 77.0 Å². The number of nitrogens with zero attached hydrogens (tertiary/aromatic N) is 1. The second-order valence-corrected chi connectivity index (χ2v) is 18.1. The van der Waals surface area contributed by atoms with Gasteiger partial charge >= 0.3 is 17.9 Å². The van der Waals surface area contributed by atoms with Gasteiger partial charge in [-0.25, -0.2) is 4.79 Å². The number of rotatable bonds is 45. The topological polar surface area (TPSA) is 99.1 Å². The highest BCUT2D eigenvalue weighted by molar-refractivity contribution is 5.72. The van der Waals surface area contributed by atoms with Crippen LogP contribution in [0.2, 0.25) is 0 Å². The molecule has 0 aliphatic carbocycles. The Bertz CT molecular complexity index is 1380. The normalized spacial score (nSPS) is 13.7. The van der Waals surface area contributed by atoms with Crippen LogP contribution in [-0.4, -0.2) is 80.6 Å². The lowest BCUT2D eigenvalue weighted by atomic mass is 10.1. The number of carbonyl (C=O) groups is 3. The second kappa shape index (κ2) is 46.8. The molecule has 65 heavy (non-hydrogen) atoms. The Labute approximate surface area is 398 Å². The lowest BCUT2D eigenvalue weighted by molar-refractivity contribution is -0.887. The van der Waals surface area contributed by atoms with E-state index in [1.54, 1.807) is 0 Å². The van der Waals surface area contributed by atoms with Crippen LogP contribution in [0.3, 0.4) is 0 Å². The maximum atomic E-state index is 12.8. The maximum absolute atomic E-state index is 12.8. The summed E-state index contributed by atoms with van der Waals surface area (Å²) in [7, 11) is 5.51. The Morgan fingerprint density at radius 2 is 0.908 bits per heavy atom. The van der Waals surface area contributed by atoms with Gasteiger partial charge in [0.25, 0.3) is 0 Å². The summed E-state index contributed by atoms with van der Waals surface area (Å²) in [5, 5.41) is 9.66. The smallest absolute Gasteiger partial charge is 0.362 e. The molecule has 0 aromatic heterocycles. The molecule has 8 heteroatoms. The first-order chi connectivity index (χ1) is 31.6. The van der Waals surface area contributed by atoms with Crippen molar-refractivity contribution in [3.63, 3.8) is 0 Å². The third-order valence-electron chi connectivity index (χ3n) is 11.0. The number of aliphatic carboxylic acids is 1. The molecule has 0 rings (SSSR count). The summed E-state index contributed by atoms with van der Waals surface area (Å²) in [6.07, 6.45) is 63.1. The molecule has 0 saturated heterocycles. The Balaban J connectivity index is 4.35. The molecule has 0 aromatic carbocycles. The van der Waals surface area contributed by atoms with Gasteiger partial charge in [0.15, 0.2) is 12.1 Å². The van der Waals surface area contributed by atoms with E-state index < -0.39 is 18.1 Å². The van der Waals surface area contributed by atoms with Crippen molar-refractivity contribution in [2.24, 2.45) is 0 Å². The Hall–Kier alpha value is -3.75. The molecule has 0 aromatic rings. The lowest BCUT2D eigenvalue weighted by Gasteiger charge is -2.31. The van der Waals surface area contributed by atoms with E-state index in [1.807, 2.05) is 21.1 Å². The van der Waals surface area contributed by atoms with Crippen molar-refractivity contribution >= 4 is 17.9 Å². The summed E-state index contributed by atoms with van der Waals surface area (Å²) in [6, 6.07) is -0.628. The molecule has 8 nitrogen and oxygen atoms in total. The van der Waals surface area contributed by atoms with Crippen LogP contribution in [0.25, 0.3) is 0 Å². The predicted molar refractivity (Wildman–Crippen MR) is 275 cm³/mol. The summed E-state index contributed by atoms with van der Waals surface area (Å²) in [5.41, 5.74) is 0. The number of carboxylic acids is 1. The second-order valence-electron chi connectivity index (χ2n) is 18.1. The Morgan fingerprint density at radius 3 is 1.38 bits per heavy atom. The third kappa shape index (κ3) is 45.2. The molecule has 2 unspecified atom stereocenters. The molecule has 0 bridgehead atoms. The van der Waals surface area contributed by atoms with Gasteiger partial charge in [0, 0.05) is 19.3 Å². The highest BCUT2D eigenvalue weighted by Gasteiger charge is 2.31. The third-order valence-corrected chi connectivity index (χ3v) is 11.0. The van der Waals surface area contributed by atoms with Crippen LogP contribution >= 0.6 is 0 Å². The van der Waals surface area contributed by atoms with Gasteiger partial charge in [0.05, 0.1) is 34.4 Å². The van der Waals surface area contributed by atoms with Crippen molar-refractivity contribution in [2.45, 2.75) is 206 Å². The van der Waals surface area contributed by atoms with Crippen LogP contribution < -0.4 is 0 Å². The van der Waals surface area contributed by atoms with Gasteiger partial charge in [0.2, 0.25) is 0 Å². The minimum Gasteiger partial charge on any atom is -0.477 e. The first kappa shape index (κ1) is 61.2. The standard InChI is InChI=1S/C57H95NO7/c1-6-8-10-12-14-16-18-20-22-24-26-27-28-30-32-34-36-38-40-42-44-46-48-56(60)65-53(51-63-50-49-54(57(61)62)58(3,4)5)52-64-55(59)47-45-43-41-39-37-35-33-31-29-25-23-21-19-17-15-13-11-9-7-2/h8,10,14-17,19-22,26-27,30,32,36,38,53-54H,6-7,9,11-13,18,23-25,28-29,31,33-35,37,39-52H2,1-5H3/p+1/b10-8+,16-14+,17-15+,21-19+,22-20+,27-26+,32-30+,38-36+. The molecule has 2 atom stereocenters. The van der Waals surface area contributed by atoms with E-state index in [4.69, 9.17) is 14.2 Å². The van der Waals surface area contributed by atoms with Gasteiger partial charge in [0.1, 0.15) is 6.61 Å². The zero-order chi connectivity index (χ0) is 47.7. The Kier molecular flexibility index (Phi) is 44.1. The number of likely N-dealkylation sites (N-methyl/N-ethyl adjacent to an activating group) is 1. The first-order valence-electron chi connectivity index (χ1n) is 25.8. The number of hydrogen-bond donors (Lipinski definition) is 1. The van der Waals surface area contributed by atoms with Crippen LogP contribution in [0.1, 0.15) is 194 Å². The fourth-order valence-electron chi connectivity index (χ4n) is 7.03. The summed E-state index contributed by atoms with van der Waals surface area (Å²) in [4.78, 5) is 37.2. The van der Waals surface area contributed by atoms with Crippen LogP contribution in [0.15, 0.2) is 97.2 Å². The van der Waals surface area contributed by atoms with Crippen molar-refractivity contribution in [1.82, 2.24) is 0 Å². The monoisotopic (exact) mass is 907 g/mol. The molecule has 0 amide bonds. The fraction of sp³-hybridized carbons (Fsp3) is 0.667. The number of ether oxygens (including phenoxy) is 3. The van der Waals surface area contributed by atoms with Gasteiger partial charge in [-0.05, 0) is 89.9 Å². The zero-order valence-corrected chi connectivity index (χ0v) is 42.2. The summed E-state index contributed by atoms with van der Waals surface area (Å²) >= 11 is 0. The molecular weight excluding hydrogens is 811 g/mol. The van der Waals surface area contributed by atoms with Crippen molar-refractivity contribution < 1.29 is 38.2 Å². The zero-order valence-electron chi connectivity index (χ0n) is 42.2. The van der Waals surface area contributed by atoms with Crippen LogP contribution in [0.5, 0.6) is 0 Å². The molecule has 0 heterocycles. The van der Waals surface area contributed by atoms with E-state index >= 15 is 0 Å². The molecule has 0 spiro atoms. The van der Waals surface area contributed by atoms with Crippen molar-refractivity contribution in [1.29, 1.82) is 0 Å². The highest BCUT2D eigenvalue weighted by Crippen LogP contribution is 2.14. The quantitative estimate of drug-likeness (QED) is 0.0214. The minimum absolute atomic E-state index is 0.0408. The number of carbonyl (C=O) groups excluding carboxylic acids is 2. The van der Waals surface area contributed by atoms with Crippen molar-refractivity contribution in [2.75, 3.05) is 41.0 Å². The summed E-state index contributed by atoms with van der Waals surface area (Å²) in [5.74, 6) is -1.52. The molecule has 0 saturated carbocycles. The van der Waals surface area contributed by atoms with E-state index in [-0.39, 0.29) is 42.7 Å². The highest BCUT2D eigenvalue weighted by atomic mass is 16.6. The van der Waals surface area contributed by atoms with Crippen LogP contribution in [0, 0.1) is 0 Å². The molecule has 0 aliphatic heterocycles. The van der Waals surface area contributed by atoms with E-state index in [1.165, 1.54) is 77.0 Å². The van der Waals surface area contributed by atoms with Gasteiger partial charge in [-0.1, -0.05) is 182 Å². The van der Waals surface area contributed by atoms with Gasteiger partial charge in [-0.2, -0.15) is 0 Å². The fourth-order valence-corrected chi connectivity index (χ4v) is 7.03. The number of quaternary nitrogens is 1. The SMILES string of the molecule is CC/C=C/C/C=C/C/C=C/C/C=C/C/C=C/C/C=C/CCCCCC(=O)OC(COCCC(C(=O)O)[N+](C)(C)C)COC(=O)CCCCCCCCCCCC/C=C/C=C/CCCCC. The van der Waals surface area contributed by atoms with Crippen molar-refractivity contribution in [3.05, 3.63) is 97.2 Å². The average Bonchev–Trinajstić information content (AvgIpc) is 3.27. The summed E-state index contributed by atoms with van der Waals surface area (Å²) < 4.78 is 17.3. The van der Waals surface area contributed by atoms with E-state index in [0.29, 0.717) is 19.3 Å². The molecule has 0 radical (unpaired) electrons. The Morgan fingerprint density at radius 1 is 0.492 bits per heavy atom. The van der Waals surface area contributed by atoms with Gasteiger partial charge in [-0.3, -0.25) is 9.59 Å². The average molecular weight is 907 g/mol. The lowest BCUT2D eigenvalue weighted by Crippen LogP contribution is -2.50. The number of hydrogen-bond acceptors (Lipinski definition) is 6. The molecule has 0 aliphatic rings.